The van der Waals surface area contributed by atoms with Crippen LogP contribution in [-0.4, -0.2) is 15.9 Å². The number of rotatable bonds is 4. The Morgan fingerprint density at radius 2 is 2.00 bits per heavy atom. The molecule has 1 amide bonds. The largest absolute Gasteiger partial charge is 0.310 e. The number of hydrogen-bond acceptors (Lipinski definition) is 4. The summed E-state index contributed by atoms with van der Waals surface area (Å²) in [6.07, 6.45) is 0.233. The van der Waals surface area contributed by atoms with Crippen LogP contribution in [0.2, 0.25) is 5.02 Å². The van der Waals surface area contributed by atoms with Crippen molar-refractivity contribution in [3.05, 3.63) is 85.7 Å². The van der Waals surface area contributed by atoms with Gasteiger partial charge in [-0.25, -0.2) is 4.98 Å². The Hall–Kier alpha value is -2.57. The lowest BCUT2D eigenvalue weighted by Crippen LogP contribution is -2.31. The van der Waals surface area contributed by atoms with Crippen molar-refractivity contribution in [2.45, 2.75) is 37.1 Å². The van der Waals surface area contributed by atoms with Crippen molar-refractivity contribution in [3.8, 4) is 0 Å². The van der Waals surface area contributed by atoms with E-state index in [-0.39, 0.29) is 23.8 Å². The predicted octanol–water partition coefficient (Wildman–Crippen LogP) is 4.81. The summed E-state index contributed by atoms with van der Waals surface area (Å²) in [4.78, 5) is 32.7. The number of aromatic amines is 1. The first-order chi connectivity index (χ1) is 13.9. The van der Waals surface area contributed by atoms with E-state index < -0.39 is 0 Å². The molecule has 1 atom stereocenters. The highest BCUT2D eigenvalue weighted by Crippen LogP contribution is 2.36. The van der Waals surface area contributed by atoms with Gasteiger partial charge < -0.3 is 10.3 Å². The second-order valence-electron chi connectivity index (χ2n) is 7.22. The number of aryl methyl sites for hydroxylation is 2. The van der Waals surface area contributed by atoms with Gasteiger partial charge in [0.05, 0.1) is 5.56 Å². The smallest absolute Gasteiger partial charge is 0.257 e. The maximum Gasteiger partial charge on any atom is 0.257 e. The van der Waals surface area contributed by atoms with E-state index in [1.165, 1.54) is 11.8 Å². The van der Waals surface area contributed by atoms with E-state index >= 15 is 0 Å². The summed E-state index contributed by atoms with van der Waals surface area (Å²) in [6, 6.07) is 13.6. The molecule has 0 saturated heterocycles. The molecule has 0 saturated carbocycles. The molecule has 7 heteroatoms. The van der Waals surface area contributed by atoms with Gasteiger partial charge in [0.2, 0.25) is 5.91 Å². The highest BCUT2D eigenvalue weighted by molar-refractivity contribution is 7.98. The Morgan fingerprint density at radius 1 is 1.17 bits per heavy atom. The van der Waals surface area contributed by atoms with Crippen molar-refractivity contribution in [1.82, 2.24) is 9.97 Å². The van der Waals surface area contributed by atoms with Crippen molar-refractivity contribution in [3.63, 3.8) is 0 Å². The molecule has 1 aromatic heterocycles. The molecule has 0 unspecified atom stereocenters. The molecule has 2 N–H and O–H groups in total. The van der Waals surface area contributed by atoms with Crippen LogP contribution in [0.25, 0.3) is 0 Å². The van der Waals surface area contributed by atoms with Crippen LogP contribution in [0.15, 0.2) is 52.4 Å². The van der Waals surface area contributed by atoms with E-state index in [4.69, 9.17) is 11.6 Å². The zero-order valence-corrected chi connectivity index (χ0v) is 17.7. The van der Waals surface area contributed by atoms with Crippen LogP contribution in [0.4, 0.5) is 5.82 Å². The molecule has 3 aromatic rings. The zero-order valence-electron chi connectivity index (χ0n) is 16.1. The minimum Gasteiger partial charge on any atom is -0.310 e. The van der Waals surface area contributed by atoms with E-state index in [1.807, 2.05) is 56.3 Å². The number of thioether (sulfide) groups is 1. The van der Waals surface area contributed by atoms with Crippen molar-refractivity contribution in [2.75, 3.05) is 5.32 Å². The third-order valence-electron chi connectivity index (χ3n) is 5.00. The molecule has 2 aromatic carbocycles. The van der Waals surface area contributed by atoms with Crippen LogP contribution >= 0.6 is 23.4 Å². The van der Waals surface area contributed by atoms with Gasteiger partial charge in [-0.05, 0) is 42.7 Å². The molecule has 0 spiro atoms. The van der Waals surface area contributed by atoms with Gasteiger partial charge in [0.15, 0.2) is 5.16 Å². The number of benzene rings is 2. The molecule has 1 aliphatic heterocycles. The lowest BCUT2D eigenvalue weighted by Gasteiger charge is -2.26. The molecule has 0 bridgehead atoms. The van der Waals surface area contributed by atoms with E-state index in [0.29, 0.717) is 27.3 Å². The van der Waals surface area contributed by atoms with E-state index in [2.05, 4.69) is 15.3 Å². The number of halogens is 1. The van der Waals surface area contributed by atoms with Crippen LogP contribution < -0.4 is 10.9 Å². The number of H-pyrrole nitrogens is 1. The fourth-order valence-electron chi connectivity index (χ4n) is 3.60. The Labute approximate surface area is 177 Å². The van der Waals surface area contributed by atoms with E-state index in [0.717, 1.165) is 22.3 Å². The molecule has 29 heavy (non-hydrogen) atoms. The fraction of sp³-hybridized carbons (Fsp3) is 0.227. The highest BCUT2D eigenvalue weighted by atomic mass is 35.5. The quantitative estimate of drug-likeness (QED) is 0.464. The molecule has 1 aliphatic rings. The maximum absolute atomic E-state index is 13.0. The number of fused-ring (bicyclic) bond motifs is 1. The van der Waals surface area contributed by atoms with Crippen molar-refractivity contribution in [2.24, 2.45) is 0 Å². The van der Waals surface area contributed by atoms with Gasteiger partial charge in [0.1, 0.15) is 5.82 Å². The molecular weight excluding hydrogens is 406 g/mol. The summed E-state index contributed by atoms with van der Waals surface area (Å²) in [5, 5.41) is 3.91. The second-order valence-corrected chi connectivity index (χ2v) is 8.62. The molecule has 4 rings (SSSR count). The summed E-state index contributed by atoms with van der Waals surface area (Å²) >= 11 is 7.43. The van der Waals surface area contributed by atoms with Crippen LogP contribution in [-0.2, 0) is 10.5 Å². The third kappa shape index (κ3) is 4.23. The lowest BCUT2D eigenvalue weighted by molar-refractivity contribution is -0.116. The maximum atomic E-state index is 13.0. The second kappa shape index (κ2) is 8.05. The van der Waals surface area contributed by atoms with Crippen LogP contribution in [0, 0.1) is 13.8 Å². The number of nitrogens with zero attached hydrogens (tertiary/aromatic N) is 1. The van der Waals surface area contributed by atoms with Gasteiger partial charge in [-0.3, -0.25) is 9.59 Å². The third-order valence-corrected chi connectivity index (χ3v) is 6.18. The summed E-state index contributed by atoms with van der Waals surface area (Å²) in [7, 11) is 0. The molecule has 0 aliphatic carbocycles. The summed E-state index contributed by atoms with van der Waals surface area (Å²) in [5.74, 6) is 0.523. The topological polar surface area (TPSA) is 74.8 Å². The van der Waals surface area contributed by atoms with Crippen LogP contribution in [0.5, 0.6) is 0 Å². The Kier molecular flexibility index (Phi) is 5.48. The molecule has 0 radical (unpaired) electrons. The first kappa shape index (κ1) is 19.7. The molecule has 2 heterocycles. The highest BCUT2D eigenvalue weighted by Gasteiger charge is 2.31. The Morgan fingerprint density at radius 3 is 2.79 bits per heavy atom. The molecular formula is C22H20ClN3O2S. The van der Waals surface area contributed by atoms with Gasteiger partial charge in [0.25, 0.3) is 5.56 Å². The summed E-state index contributed by atoms with van der Waals surface area (Å²) < 4.78 is 0. The lowest BCUT2D eigenvalue weighted by atomic mass is 9.84. The van der Waals surface area contributed by atoms with Crippen molar-refractivity contribution in [1.29, 1.82) is 0 Å². The predicted molar refractivity (Wildman–Crippen MR) is 117 cm³/mol. The minimum atomic E-state index is -0.304. The van der Waals surface area contributed by atoms with E-state index in [9.17, 15) is 9.59 Å². The Balaban J connectivity index is 1.69. The van der Waals surface area contributed by atoms with Gasteiger partial charge in [-0.15, -0.1) is 0 Å². The number of nitrogens with one attached hydrogen (secondary N) is 2. The van der Waals surface area contributed by atoms with Gasteiger partial charge in [0, 0.05) is 23.1 Å². The summed E-state index contributed by atoms with van der Waals surface area (Å²) in [5.41, 5.74) is 4.48. The Bertz CT molecular complexity index is 1160. The SMILES string of the molecule is Cc1ccc(C)c([C@H]2CC(=O)Nc3nc(SCc4cccc(Cl)c4)[nH]c(=O)c32)c1. The van der Waals surface area contributed by atoms with Gasteiger partial charge >= 0.3 is 0 Å². The number of anilines is 1. The number of carbonyl (C=O) groups excluding carboxylic acids is 1. The number of amides is 1. The summed E-state index contributed by atoms with van der Waals surface area (Å²) in [6.45, 7) is 4.00. The molecule has 0 fully saturated rings. The van der Waals surface area contributed by atoms with Crippen molar-refractivity contribution >= 4 is 35.1 Å². The molecule has 5 nitrogen and oxygen atoms in total. The van der Waals surface area contributed by atoms with Gasteiger partial charge in [-0.1, -0.05) is 59.3 Å². The van der Waals surface area contributed by atoms with Gasteiger partial charge in [-0.2, -0.15) is 0 Å². The number of aromatic nitrogens is 2. The van der Waals surface area contributed by atoms with Crippen molar-refractivity contribution < 1.29 is 4.79 Å². The minimum absolute atomic E-state index is 0.132. The normalized spacial score (nSPS) is 15.7. The monoisotopic (exact) mass is 425 g/mol. The first-order valence-electron chi connectivity index (χ1n) is 9.29. The van der Waals surface area contributed by atoms with Crippen LogP contribution in [0.1, 0.15) is 40.2 Å². The average molecular weight is 426 g/mol. The fourth-order valence-corrected chi connectivity index (χ4v) is 4.61. The standard InChI is InChI=1S/C22H20ClN3O2S/c1-12-6-7-13(2)16(8-12)17-10-18(27)24-20-19(17)21(28)26-22(25-20)29-11-14-4-3-5-15(23)9-14/h3-9,17H,10-11H2,1-2H3,(H2,24,25,26,27,28)/t17-/m1/s1. The number of carbonyl (C=O) groups is 1. The number of hydrogen-bond donors (Lipinski definition) is 2. The van der Waals surface area contributed by atoms with Crippen LogP contribution in [0.3, 0.4) is 0 Å². The van der Waals surface area contributed by atoms with E-state index in [1.54, 1.807) is 0 Å². The average Bonchev–Trinajstić information content (AvgIpc) is 2.67. The molecule has 148 valence electrons. The first-order valence-corrected chi connectivity index (χ1v) is 10.7. The zero-order chi connectivity index (χ0) is 20.5.